The highest BCUT2D eigenvalue weighted by Gasteiger charge is 2.63. The normalized spacial score (nSPS) is 46.8. The lowest BCUT2D eigenvalue weighted by Gasteiger charge is -2.33. The Morgan fingerprint density at radius 3 is 2.71 bits per heavy atom. The third kappa shape index (κ3) is 1.60. The third-order valence-corrected chi connectivity index (χ3v) is 3.70. The van der Waals surface area contributed by atoms with Gasteiger partial charge in [0.1, 0.15) is 12.2 Å². The summed E-state index contributed by atoms with van der Waals surface area (Å²) in [4.78, 5) is 11.9. The van der Waals surface area contributed by atoms with E-state index in [1.54, 1.807) is 0 Å². The Labute approximate surface area is 100 Å². The average Bonchev–Trinajstić information content (AvgIpc) is 2.65. The van der Waals surface area contributed by atoms with Gasteiger partial charge in [-0.2, -0.15) is 0 Å². The van der Waals surface area contributed by atoms with Crippen molar-refractivity contribution in [2.45, 2.75) is 63.3 Å². The molecule has 2 aliphatic heterocycles. The summed E-state index contributed by atoms with van der Waals surface area (Å²) in [5.41, 5.74) is -0.801. The number of fused-ring (bicyclic) bond motifs is 4. The molecule has 3 rings (SSSR count). The van der Waals surface area contributed by atoms with E-state index >= 15 is 0 Å². The lowest BCUT2D eigenvalue weighted by molar-refractivity contribution is -0.175. The molecule has 4 atom stereocenters. The van der Waals surface area contributed by atoms with Crippen LogP contribution in [0.5, 0.6) is 0 Å². The van der Waals surface area contributed by atoms with E-state index in [-0.39, 0.29) is 24.3 Å². The molecular weight excluding hydrogens is 224 g/mol. The lowest BCUT2D eigenvalue weighted by Crippen LogP contribution is -2.48. The van der Waals surface area contributed by atoms with Crippen molar-refractivity contribution in [3.05, 3.63) is 0 Å². The number of hydrogen-bond donors (Lipinski definition) is 0. The Morgan fingerprint density at radius 1 is 1.29 bits per heavy atom. The smallest absolute Gasteiger partial charge is 0.339 e. The molecular formula is C12H18O5. The molecule has 0 aromatic rings. The second kappa shape index (κ2) is 3.43. The van der Waals surface area contributed by atoms with E-state index in [2.05, 4.69) is 0 Å². The topological polar surface area (TPSA) is 54.0 Å². The van der Waals surface area contributed by atoms with Crippen molar-refractivity contribution < 1.29 is 23.7 Å². The molecule has 1 saturated carbocycles. The number of carbonyl (C=O) groups is 1. The van der Waals surface area contributed by atoms with Crippen LogP contribution in [0.25, 0.3) is 0 Å². The molecule has 0 N–H and O–H groups in total. The first-order chi connectivity index (χ1) is 7.96. The molecule has 5 heteroatoms. The zero-order valence-corrected chi connectivity index (χ0v) is 10.4. The molecule has 2 bridgehead atoms. The molecule has 2 saturated heterocycles. The fraction of sp³-hybridized carbons (Fsp3) is 0.917. The van der Waals surface area contributed by atoms with Crippen LogP contribution >= 0.6 is 0 Å². The average molecular weight is 242 g/mol. The Morgan fingerprint density at radius 2 is 2.00 bits per heavy atom. The van der Waals surface area contributed by atoms with Gasteiger partial charge in [0.25, 0.3) is 0 Å². The van der Waals surface area contributed by atoms with E-state index in [0.29, 0.717) is 19.4 Å². The van der Waals surface area contributed by atoms with Crippen LogP contribution in [0, 0.1) is 0 Å². The standard InChI is InChI=1S/C12H18O5/c1-4-14-12-5-7(15-10(12)13)9-8(6-12)16-11(2,3)17-9/h7-9H,4-6H2,1-3H3/t7-,8-,9+,12-/m1/s1. The molecule has 3 aliphatic rings. The van der Waals surface area contributed by atoms with Gasteiger partial charge in [0.15, 0.2) is 11.4 Å². The van der Waals surface area contributed by atoms with E-state index in [0.717, 1.165) is 0 Å². The van der Waals surface area contributed by atoms with Crippen molar-refractivity contribution in [2.75, 3.05) is 6.61 Å². The van der Waals surface area contributed by atoms with Crippen LogP contribution in [-0.2, 0) is 23.7 Å². The van der Waals surface area contributed by atoms with Crippen LogP contribution in [0.4, 0.5) is 0 Å². The molecule has 0 unspecified atom stereocenters. The highest BCUT2D eigenvalue weighted by Crippen LogP contribution is 2.47. The number of rotatable bonds is 2. The van der Waals surface area contributed by atoms with Gasteiger partial charge in [-0.05, 0) is 20.8 Å². The maximum Gasteiger partial charge on any atom is 0.339 e. The summed E-state index contributed by atoms with van der Waals surface area (Å²) in [6, 6.07) is 0. The summed E-state index contributed by atoms with van der Waals surface area (Å²) < 4.78 is 22.6. The first-order valence-electron chi connectivity index (χ1n) is 6.16. The molecule has 0 amide bonds. The van der Waals surface area contributed by atoms with Crippen molar-refractivity contribution in [3.8, 4) is 0 Å². The Balaban J connectivity index is 1.87. The molecule has 17 heavy (non-hydrogen) atoms. The Bertz CT molecular complexity index is 353. The van der Waals surface area contributed by atoms with Crippen molar-refractivity contribution >= 4 is 5.97 Å². The summed E-state index contributed by atoms with van der Waals surface area (Å²) in [6.07, 6.45) is 0.631. The van der Waals surface area contributed by atoms with Crippen LogP contribution in [0.2, 0.25) is 0 Å². The molecule has 0 aromatic heterocycles. The second-order valence-electron chi connectivity index (χ2n) is 5.42. The zero-order valence-electron chi connectivity index (χ0n) is 10.4. The van der Waals surface area contributed by atoms with Crippen molar-refractivity contribution in [1.29, 1.82) is 0 Å². The first kappa shape index (κ1) is 11.4. The molecule has 0 radical (unpaired) electrons. The molecule has 5 nitrogen and oxygen atoms in total. The highest BCUT2D eigenvalue weighted by molar-refractivity contribution is 5.82. The number of carbonyl (C=O) groups excluding carboxylic acids is 1. The van der Waals surface area contributed by atoms with Crippen LogP contribution in [0.15, 0.2) is 0 Å². The minimum absolute atomic E-state index is 0.109. The van der Waals surface area contributed by atoms with Gasteiger partial charge in [-0.25, -0.2) is 4.79 Å². The van der Waals surface area contributed by atoms with Crippen LogP contribution < -0.4 is 0 Å². The lowest BCUT2D eigenvalue weighted by atomic mass is 9.82. The Hall–Kier alpha value is -0.650. The summed E-state index contributed by atoms with van der Waals surface area (Å²) >= 11 is 0. The van der Waals surface area contributed by atoms with Crippen LogP contribution in [-0.4, -0.2) is 42.3 Å². The van der Waals surface area contributed by atoms with E-state index in [9.17, 15) is 4.79 Å². The molecule has 0 spiro atoms. The maximum atomic E-state index is 11.9. The zero-order chi connectivity index (χ0) is 12.3. The number of hydrogen-bond acceptors (Lipinski definition) is 5. The molecule has 96 valence electrons. The third-order valence-electron chi connectivity index (χ3n) is 3.70. The summed E-state index contributed by atoms with van der Waals surface area (Å²) in [7, 11) is 0. The minimum Gasteiger partial charge on any atom is -0.457 e. The van der Waals surface area contributed by atoms with Gasteiger partial charge in [-0.3, -0.25) is 0 Å². The highest BCUT2D eigenvalue weighted by atomic mass is 16.8. The van der Waals surface area contributed by atoms with Crippen molar-refractivity contribution in [2.24, 2.45) is 0 Å². The monoisotopic (exact) mass is 242 g/mol. The van der Waals surface area contributed by atoms with Crippen molar-refractivity contribution in [1.82, 2.24) is 0 Å². The summed E-state index contributed by atoms with van der Waals surface area (Å²) in [6.45, 7) is 6.16. The quantitative estimate of drug-likeness (QED) is 0.676. The van der Waals surface area contributed by atoms with E-state index < -0.39 is 11.4 Å². The predicted molar refractivity (Wildman–Crippen MR) is 57.3 cm³/mol. The second-order valence-corrected chi connectivity index (χ2v) is 5.42. The largest absolute Gasteiger partial charge is 0.457 e. The molecule has 2 heterocycles. The fourth-order valence-electron chi connectivity index (χ4n) is 3.16. The minimum atomic E-state index is -0.801. The van der Waals surface area contributed by atoms with Gasteiger partial charge in [-0.1, -0.05) is 0 Å². The molecule has 0 aromatic carbocycles. The van der Waals surface area contributed by atoms with Gasteiger partial charge >= 0.3 is 5.97 Å². The van der Waals surface area contributed by atoms with Crippen LogP contribution in [0.3, 0.4) is 0 Å². The molecule has 3 fully saturated rings. The fourth-order valence-corrected chi connectivity index (χ4v) is 3.16. The van der Waals surface area contributed by atoms with E-state index in [1.807, 2.05) is 20.8 Å². The van der Waals surface area contributed by atoms with Gasteiger partial charge in [0.05, 0.1) is 6.10 Å². The van der Waals surface area contributed by atoms with Gasteiger partial charge in [-0.15, -0.1) is 0 Å². The van der Waals surface area contributed by atoms with E-state index in [1.165, 1.54) is 0 Å². The van der Waals surface area contributed by atoms with Gasteiger partial charge in [0.2, 0.25) is 0 Å². The molecule has 1 aliphatic carbocycles. The first-order valence-corrected chi connectivity index (χ1v) is 6.16. The van der Waals surface area contributed by atoms with E-state index in [4.69, 9.17) is 18.9 Å². The maximum absolute atomic E-state index is 11.9. The summed E-state index contributed by atoms with van der Waals surface area (Å²) in [5.74, 6) is -0.858. The SMILES string of the molecule is CCO[C@@]12C[C@@H](OC1=O)[C@@H]1OC(C)(C)O[C@@H]1C2. The summed E-state index contributed by atoms with van der Waals surface area (Å²) in [5, 5.41) is 0. The number of ether oxygens (including phenoxy) is 4. The van der Waals surface area contributed by atoms with Crippen molar-refractivity contribution in [3.63, 3.8) is 0 Å². The van der Waals surface area contributed by atoms with Gasteiger partial charge < -0.3 is 18.9 Å². The van der Waals surface area contributed by atoms with Crippen LogP contribution in [0.1, 0.15) is 33.6 Å². The van der Waals surface area contributed by atoms with Gasteiger partial charge in [0, 0.05) is 19.4 Å². The predicted octanol–water partition coefficient (Wildman–Crippen LogP) is 1.00. The number of esters is 1. The Kier molecular flexibility index (Phi) is 2.31.